The molecule has 0 aliphatic heterocycles. The molecular weight excluding hydrogens is 428 g/mol. The molecule has 0 radical (unpaired) electrons. The number of hydrogen-bond donors (Lipinski definition) is 1. The standard InChI is InChI=1S/C23H28N4O4S/c1-15-13-18(14-20(16(15)2)32(29,30)26(3)4)23(28)25-21(22-24-11-12-27(22)5)17-7-9-19(31-6)10-8-17/h7-14,21H,1-6H3,(H,25,28). The highest BCUT2D eigenvalue weighted by Crippen LogP contribution is 2.26. The fraction of sp³-hybridized carbons (Fsp3) is 0.304. The van der Waals surface area contributed by atoms with E-state index in [1.165, 1.54) is 20.2 Å². The summed E-state index contributed by atoms with van der Waals surface area (Å²) >= 11 is 0. The molecule has 32 heavy (non-hydrogen) atoms. The lowest BCUT2D eigenvalue weighted by Gasteiger charge is -2.21. The number of imidazole rings is 1. The molecule has 0 aliphatic carbocycles. The third kappa shape index (κ3) is 4.53. The van der Waals surface area contributed by atoms with Gasteiger partial charge in [-0.2, -0.15) is 0 Å². The van der Waals surface area contributed by atoms with Crippen molar-refractivity contribution in [1.82, 2.24) is 19.2 Å². The molecule has 2 aromatic carbocycles. The second kappa shape index (κ2) is 9.13. The first kappa shape index (κ1) is 23.5. The van der Waals surface area contributed by atoms with E-state index >= 15 is 0 Å². The molecule has 0 bridgehead atoms. The van der Waals surface area contributed by atoms with Gasteiger partial charge >= 0.3 is 0 Å². The van der Waals surface area contributed by atoms with Gasteiger partial charge in [0.15, 0.2) is 0 Å². The van der Waals surface area contributed by atoms with E-state index in [4.69, 9.17) is 4.74 Å². The van der Waals surface area contributed by atoms with Crippen molar-refractivity contribution in [3.8, 4) is 5.75 Å². The minimum atomic E-state index is -3.70. The predicted molar refractivity (Wildman–Crippen MR) is 122 cm³/mol. The van der Waals surface area contributed by atoms with Gasteiger partial charge in [0.05, 0.1) is 12.0 Å². The number of rotatable bonds is 7. The number of nitrogens with one attached hydrogen (secondary N) is 1. The van der Waals surface area contributed by atoms with Gasteiger partial charge in [-0.1, -0.05) is 12.1 Å². The number of carbonyl (C=O) groups excluding carboxylic acids is 1. The van der Waals surface area contributed by atoms with Crippen LogP contribution in [0.25, 0.3) is 0 Å². The minimum absolute atomic E-state index is 0.116. The zero-order valence-corrected chi connectivity index (χ0v) is 19.9. The summed E-state index contributed by atoms with van der Waals surface area (Å²) in [5.74, 6) is 0.951. The molecule has 170 valence electrons. The third-order valence-corrected chi connectivity index (χ3v) is 7.42. The van der Waals surface area contributed by atoms with Gasteiger partial charge in [0.2, 0.25) is 10.0 Å². The second-order valence-corrected chi connectivity index (χ2v) is 9.90. The van der Waals surface area contributed by atoms with E-state index in [1.54, 1.807) is 39.4 Å². The maximum Gasteiger partial charge on any atom is 0.252 e. The van der Waals surface area contributed by atoms with Crippen molar-refractivity contribution in [2.24, 2.45) is 7.05 Å². The number of methoxy groups -OCH3 is 1. The largest absolute Gasteiger partial charge is 0.497 e. The van der Waals surface area contributed by atoms with Crippen molar-refractivity contribution in [3.05, 3.63) is 76.9 Å². The number of benzene rings is 2. The number of hydrogen-bond acceptors (Lipinski definition) is 5. The molecular formula is C23H28N4O4S. The number of sulfonamides is 1. The Balaban J connectivity index is 2.03. The first-order valence-electron chi connectivity index (χ1n) is 10.0. The molecule has 0 saturated carbocycles. The summed E-state index contributed by atoms with van der Waals surface area (Å²) in [5.41, 5.74) is 2.42. The average molecular weight is 457 g/mol. The molecule has 0 aliphatic rings. The molecule has 3 aromatic rings. The highest BCUT2D eigenvalue weighted by Gasteiger charge is 2.25. The normalized spacial score (nSPS) is 12.6. The van der Waals surface area contributed by atoms with Crippen LogP contribution in [-0.4, -0.2) is 49.4 Å². The van der Waals surface area contributed by atoms with Crippen LogP contribution >= 0.6 is 0 Å². The summed E-state index contributed by atoms with van der Waals surface area (Å²) in [6.45, 7) is 3.53. The maximum absolute atomic E-state index is 13.3. The average Bonchev–Trinajstić information content (AvgIpc) is 3.19. The zero-order valence-electron chi connectivity index (χ0n) is 19.1. The zero-order chi connectivity index (χ0) is 23.6. The summed E-state index contributed by atoms with van der Waals surface area (Å²) in [6.07, 6.45) is 3.46. The Labute approximate surface area is 188 Å². The fourth-order valence-corrected chi connectivity index (χ4v) is 4.60. The Hall–Kier alpha value is -3.17. The van der Waals surface area contributed by atoms with Gasteiger partial charge in [0.25, 0.3) is 5.91 Å². The minimum Gasteiger partial charge on any atom is -0.497 e. The summed E-state index contributed by atoms with van der Waals surface area (Å²) in [7, 11) is 2.68. The van der Waals surface area contributed by atoms with Crippen LogP contribution in [0.2, 0.25) is 0 Å². The van der Waals surface area contributed by atoms with Crippen molar-refractivity contribution in [1.29, 1.82) is 0 Å². The number of nitrogens with zero attached hydrogens (tertiary/aromatic N) is 3. The summed E-state index contributed by atoms with van der Waals surface area (Å²) in [4.78, 5) is 17.8. The first-order chi connectivity index (χ1) is 15.1. The lowest BCUT2D eigenvalue weighted by Crippen LogP contribution is -2.31. The summed E-state index contributed by atoms with van der Waals surface area (Å²) in [5, 5.41) is 3.01. The Kier molecular flexibility index (Phi) is 6.71. The lowest BCUT2D eigenvalue weighted by atomic mass is 10.0. The van der Waals surface area contributed by atoms with E-state index in [9.17, 15) is 13.2 Å². The molecule has 0 saturated heterocycles. The van der Waals surface area contributed by atoms with Crippen molar-refractivity contribution < 1.29 is 17.9 Å². The number of aryl methyl sites for hydroxylation is 2. The molecule has 1 heterocycles. The molecule has 1 N–H and O–H groups in total. The summed E-state index contributed by atoms with van der Waals surface area (Å²) in [6, 6.07) is 9.94. The second-order valence-electron chi connectivity index (χ2n) is 7.78. The predicted octanol–water partition coefficient (Wildman–Crippen LogP) is 2.82. The van der Waals surface area contributed by atoms with Crippen LogP contribution in [0.3, 0.4) is 0 Å². The van der Waals surface area contributed by atoms with E-state index in [2.05, 4.69) is 10.3 Å². The van der Waals surface area contributed by atoms with Gasteiger partial charge in [0, 0.05) is 39.1 Å². The molecule has 1 unspecified atom stereocenters. The molecule has 1 amide bonds. The molecule has 3 rings (SSSR count). The van der Waals surface area contributed by atoms with Gasteiger partial charge in [-0.25, -0.2) is 17.7 Å². The molecule has 1 aromatic heterocycles. The quantitative estimate of drug-likeness (QED) is 0.590. The monoisotopic (exact) mass is 456 g/mol. The van der Waals surface area contributed by atoms with Crippen LogP contribution in [0.1, 0.15) is 38.9 Å². The Bertz CT molecular complexity index is 1230. The van der Waals surface area contributed by atoms with Crippen LogP contribution < -0.4 is 10.1 Å². The molecule has 0 fully saturated rings. The molecule has 9 heteroatoms. The number of aromatic nitrogens is 2. The Morgan fingerprint density at radius 2 is 1.81 bits per heavy atom. The van der Waals surface area contributed by atoms with Crippen molar-refractivity contribution in [2.75, 3.05) is 21.2 Å². The molecule has 0 spiro atoms. The highest BCUT2D eigenvalue weighted by atomic mass is 32.2. The van der Waals surface area contributed by atoms with E-state index in [-0.39, 0.29) is 10.5 Å². The van der Waals surface area contributed by atoms with Crippen LogP contribution in [0, 0.1) is 13.8 Å². The highest BCUT2D eigenvalue weighted by molar-refractivity contribution is 7.89. The van der Waals surface area contributed by atoms with E-state index < -0.39 is 22.0 Å². The fourth-order valence-electron chi connectivity index (χ4n) is 3.39. The van der Waals surface area contributed by atoms with Gasteiger partial charge in [-0.3, -0.25) is 4.79 Å². The van der Waals surface area contributed by atoms with Crippen molar-refractivity contribution in [3.63, 3.8) is 0 Å². The van der Waals surface area contributed by atoms with Gasteiger partial charge in [-0.15, -0.1) is 0 Å². The van der Waals surface area contributed by atoms with E-state index in [0.29, 0.717) is 17.1 Å². The Morgan fingerprint density at radius 1 is 1.16 bits per heavy atom. The van der Waals surface area contributed by atoms with Crippen LogP contribution in [-0.2, 0) is 17.1 Å². The van der Waals surface area contributed by atoms with E-state index in [0.717, 1.165) is 15.4 Å². The smallest absolute Gasteiger partial charge is 0.252 e. The van der Waals surface area contributed by atoms with Gasteiger partial charge < -0.3 is 14.6 Å². The van der Waals surface area contributed by atoms with Crippen molar-refractivity contribution >= 4 is 15.9 Å². The topological polar surface area (TPSA) is 93.5 Å². The lowest BCUT2D eigenvalue weighted by molar-refractivity contribution is 0.0941. The maximum atomic E-state index is 13.3. The third-order valence-electron chi connectivity index (χ3n) is 5.48. The summed E-state index contributed by atoms with van der Waals surface area (Å²) < 4.78 is 33.8. The van der Waals surface area contributed by atoms with Crippen LogP contribution in [0.5, 0.6) is 5.75 Å². The molecule has 8 nitrogen and oxygen atoms in total. The first-order valence-corrected chi connectivity index (χ1v) is 11.5. The number of carbonyl (C=O) groups is 1. The van der Waals surface area contributed by atoms with Crippen molar-refractivity contribution in [2.45, 2.75) is 24.8 Å². The van der Waals surface area contributed by atoms with Gasteiger partial charge in [0.1, 0.15) is 17.6 Å². The SMILES string of the molecule is COc1ccc(C(NC(=O)c2cc(C)c(C)c(S(=O)(=O)N(C)C)c2)c2nccn2C)cc1. The molecule has 1 atom stereocenters. The number of amides is 1. The van der Waals surface area contributed by atoms with Crippen LogP contribution in [0.15, 0.2) is 53.7 Å². The van der Waals surface area contributed by atoms with Gasteiger partial charge in [-0.05, 0) is 54.8 Å². The van der Waals surface area contributed by atoms with E-state index in [1.807, 2.05) is 35.9 Å². The number of ether oxygens (including phenoxy) is 1. The Morgan fingerprint density at radius 3 is 2.34 bits per heavy atom. The van der Waals surface area contributed by atoms with Crippen LogP contribution in [0.4, 0.5) is 0 Å².